The predicted octanol–water partition coefficient (Wildman–Crippen LogP) is 3.82. The number of hydrogen-bond donors (Lipinski definition) is 0. The van der Waals surface area contributed by atoms with Gasteiger partial charge >= 0.3 is 0 Å². The van der Waals surface area contributed by atoms with E-state index >= 15 is 0 Å². The topological polar surface area (TPSA) is 35.5 Å². The molecule has 2 bridgehead atoms. The summed E-state index contributed by atoms with van der Waals surface area (Å²) in [5.41, 5.74) is 1.88. The highest BCUT2D eigenvalue weighted by Crippen LogP contribution is 2.65. The molecule has 0 amide bonds. The van der Waals surface area contributed by atoms with Crippen LogP contribution in [-0.4, -0.2) is 12.6 Å². The molecule has 1 aromatic rings. The van der Waals surface area contributed by atoms with Gasteiger partial charge in [-0.25, -0.2) is 0 Å². The van der Waals surface area contributed by atoms with Crippen LogP contribution in [-0.2, 0) is 4.79 Å². The van der Waals surface area contributed by atoms with Crippen molar-refractivity contribution < 1.29 is 14.3 Å². The Bertz CT molecular complexity index is 671. The first-order chi connectivity index (χ1) is 9.93. The van der Waals surface area contributed by atoms with Gasteiger partial charge in [-0.1, -0.05) is 26.8 Å². The monoisotopic (exact) mass is 284 g/mol. The first-order valence-electron chi connectivity index (χ1n) is 7.59. The van der Waals surface area contributed by atoms with Gasteiger partial charge in [-0.15, -0.1) is 0 Å². The van der Waals surface area contributed by atoms with Gasteiger partial charge in [0.1, 0.15) is 0 Å². The van der Waals surface area contributed by atoms with Crippen molar-refractivity contribution in [2.75, 3.05) is 6.79 Å². The van der Waals surface area contributed by atoms with Gasteiger partial charge in [0.15, 0.2) is 17.3 Å². The second-order valence-electron chi connectivity index (χ2n) is 7.19. The van der Waals surface area contributed by atoms with Crippen LogP contribution >= 0.6 is 0 Å². The van der Waals surface area contributed by atoms with Gasteiger partial charge in [0.25, 0.3) is 0 Å². The Hall–Kier alpha value is -1.77. The van der Waals surface area contributed by atoms with E-state index in [1.54, 1.807) is 0 Å². The Morgan fingerprint density at radius 1 is 1.19 bits per heavy atom. The van der Waals surface area contributed by atoms with E-state index in [0.29, 0.717) is 11.7 Å². The van der Waals surface area contributed by atoms with Crippen molar-refractivity contribution in [1.82, 2.24) is 0 Å². The van der Waals surface area contributed by atoms with Crippen molar-refractivity contribution in [2.45, 2.75) is 33.6 Å². The van der Waals surface area contributed by atoms with E-state index in [9.17, 15) is 4.79 Å². The molecule has 0 saturated heterocycles. The molecule has 1 heterocycles. The summed E-state index contributed by atoms with van der Waals surface area (Å²) in [6, 6.07) is 5.87. The van der Waals surface area contributed by atoms with Crippen LogP contribution in [0.25, 0.3) is 6.08 Å². The molecule has 0 N–H and O–H groups in total. The SMILES string of the molecule is CC1(C)[C@H]2CC[C@]1(C)C(=O)/C2=C/c1ccc2c(c1)OCO2. The zero-order valence-electron chi connectivity index (χ0n) is 12.7. The summed E-state index contributed by atoms with van der Waals surface area (Å²) < 4.78 is 10.7. The quantitative estimate of drug-likeness (QED) is 0.735. The van der Waals surface area contributed by atoms with Crippen LogP contribution in [0.3, 0.4) is 0 Å². The number of carbonyl (C=O) groups is 1. The van der Waals surface area contributed by atoms with Crippen LogP contribution in [0.1, 0.15) is 39.2 Å². The minimum absolute atomic E-state index is 0.0618. The lowest BCUT2D eigenvalue weighted by molar-refractivity contribution is -0.125. The Morgan fingerprint density at radius 3 is 2.67 bits per heavy atom. The Kier molecular flexibility index (Phi) is 2.40. The van der Waals surface area contributed by atoms with Gasteiger partial charge in [-0.05, 0) is 53.5 Å². The molecule has 0 spiro atoms. The molecule has 4 rings (SSSR count). The fourth-order valence-electron chi connectivity index (χ4n) is 4.28. The van der Waals surface area contributed by atoms with E-state index in [0.717, 1.165) is 35.5 Å². The lowest BCUT2D eigenvalue weighted by Crippen LogP contribution is -2.32. The van der Waals surface area contributed by atoms with Gasteiger partial charge in [0.05, 0.1) is 0 Å². The molecule has 1 aliphatic heterocycles. The molecular formula is C18H20O3. The van der Waals surface area contributed by atoms with Crippen molar-refractivity contribution in [2.24, 2.45) is 16.7 Å². The molecule has 0 unspecified atom stereocenters. The van der Waals surface area contributed by atoms with Crippen LogP contribution in [0.4, 0.5) is 0 Å². The number of ketones is 1. The molecule has 0 aromatic heterocycles. The average molecular weight is 284 g/mol. The molecule has 2 aliphatic carbocycles. The number of benzene rings is 1. The largest absolute Gasteiger partial charge is 0.454 e. The maximum Gasteiger partial charge on any atom is 0.231 e. The molecule has 3 aliphatic rings. The number of allylic oxidation sites excluding steroid dienone is 1. The van der Waals surface area contributed by atoms with Gasteiger partial charge in [0.2, 0.25) is 6.79 Å². The van der Waals surface area contributed by atoms with E-state index in [1.165, 1.54) is 0 Å². The van der Waals surface area contributed by atoms with Crippen LogP contribution in [0, 0.1) is 16.7 Å². The maximum atomic E-state index is 12.8. The maximum absolute atomic E-state index is 12.8. The van der Waals surface area contributed by atoms with E-state index < -0.39 is 0 Å². The lowest BCUT2D eigenvalue weighted by atomic mass is 9.70. The fraction of sp³-hybridized carbons (Fsp3) is 0.500. The van der Waals surface area contributed by atoms with Gasteiger partial charge in [-0.2, -0.15) is 0 Å². The van der Waals surface area contributed by atoms with Crippen LogP contribution in [0.5, 0.6) is 11.5 Å². The van der Waals surface area contributed by atoms with Crippen LogP contribution in [0.2, 0.25) is 0 Å². The molecule has 2 saturated carbocycles. The average Bonchev–Trinajstić information content (AvgIpc) is 3.02. The summed E-state index contributed by atoms with van der Waals surface area (Å²) >= 11 is 0. The zero-order chi connectivity index (χ0) is 14.8. The third-order valence-electron chi connectivity index (χ3n) is 6.08. The van der Waals surface area contributed by atoms with E-state index in [4.69, 9.17) is 9.47 Å². The van der Waals surface area contributed by atoms with Crippen LogP contribution in [0.15, 0.2) is 23.8 Å². The zero-order valence-corrected chi connectivity index (χ0v) is 12.7. The van der Waals surface area contributed by atoms with E-state index in [-0.39, 0.29) is 17.6 Å². The third kappa shape index (κ3) is 1.52. The van der Waals surface area contributed by atoms with Gasteiger partial charge < -0.3 is 9.47 Å². The third-order valence-corrected chi connectivity index (χ3v) is 6.08. The molecule has 1 aromatic carbocycles. The second kappa shape index (κ2) is 3.90. The first kappa shape index (κ1) is 12.9. The number of Topliss-reactive ketones (excluding diaryl/α,β-unsaturated/α-hetero) is 1. The van der Waals surface area contributed by atoms with Crippen molar-refractivity contribution >= 4 is 11.9 Å². The molecular weight excluding hydrogens is 264 g/mol. The van der Waals surface area contributed by atoms with E-state index in [2.05, 4.69) is 26.8 Å². The van der Waals surface area contributed by atoms with Gasteiger partial charge in [0, 0.05) is 5.41 Å². The highest BCUT2D eigenvalue weighted by Gasteiger charge is 2.63. The molecule has 0 radical (unpaired) electrons. The van der Waals surface area contributed by atoms with Gasteiger partial charge in [-0.3, -0.25) is 4.79 Å². The standard InChI is InChI=1S/C18H20O3/c1-17(2)13-6-7-18(17,3)16(19)12(13)8-11-4-5-14-15(9-11)21-10-20-14/h4-5,8-9,13H,6-7,10H2,1-3H3/b12-8+/t13-,18+/m0/s1. The number of hydrogen-bond acceptors (Lipinski definition) is 3. The van der Waals surface area contributed by atoms with E-state index in [1.807, 2.05) is 18.2 Å². The fourth-order valence-corrected chi connectivity index (χ4v) is 4.28. The molecule has 110 valence electrons. The summed E-state index contributed by atoms with van der Waals surface area (Å²) in [7, 11) is 0. The highest BCUT2D eigenvalue weighted by atomic mass is 16.7. The summed E-state index contributed by atoms with van der Waals surface area (Å²) in [5.74, 6) is 2.26. The van der Waals surface area contributed by atoms with Crippen molar-refractivity contribution in [3.8, 4) is 11.5 Å². The number of rotatable bonds is 1. The molecule has 2 atom stereocenters. The smallest absolute Gasteiger partial charge is 0.231 e. The summed E-state index contributed by atoms with van der Waals surface area (Å²) in [6.45, 7) is 6.89. The number of fused-ring (bicyclic) bond motifs is 3. The number of ether oxygens (including phenoxy) is 2. The Morgan fingerprint density at radius 2 is 1.95 bits per heavy atom. The first-order valence-corrected chi connectivity index (χ1v) is 7.59. The van der Waals surface area contributed by atoms with Crippen molar-refractivity contribution in [3.05, 3.63) is 29.3 Å². The van der Waals surface area contributed by atoms with Crippen LogP contribution < -0.4 is 9.47 Å². The summed E-state index contributed by atoms with van der Waals surface area (Å²) in [6.07, 6.45) is 4.19. The van der Waals surface area contributed by atoms with Crippen molar-refractivity contribution in [1.29, 1.82) is 0 Å². The summed E-state index contributed by atoms with van der Waals surface area (Å²) in [4.78, 5) is 12.8. The normalized spacial score (nSPS) is 34.0. The predicted molar refractivity (Wildman–Crippen MR) is 80.2 cm³/mol. The number of carbonyl (C=O) groups excluding carboxylic acids is 1. The molecule has 21 heavy (non-hydrogen) atoms. The minimum Gasteiger partial charge on any atom is -0.454 e. The molecule has 3 heteroatoms. The molecule has 3 nitrogen and oxygen atoms in total. The lowest BCUT2D eigenvalue weighted by Gasteiger charge is -2.31. The minimum atomic E-state index is -0.195. The second-order valence-corrected chi connectivity index (χ2v) is 7.19. The highest BCUT2D eigenvalue weighted by molar-refractivity contribution is 6.08. The molecule has 2 fully saturated rings. The Labute approximate surface area is 124 Å². The summed E-state index contributed by atoms with van der Waals surface area (Å²) in [5, 5.41) is 0. The van der Waals surface area contributed by atoms with Crippen molar-refractivity contribution in [3.63, 3.8) is 0 Å². The Balaban J connectivity index is 1.76.